The van der Waals surface area contributed by atoms with Gasteiger partial charge in [0, 0.05) is 24.6 Å². The average Bonchev–Trinajstić information content (AvgIpc) is 2.54. The second kappa shape index (κ2) is 8.22. The van der Waals surface area contributed by atoms with Crippen molar-refractivity contribution in [2.75, 3.05) is 5.32 Å². The van der Waals surface area contributed by atoms with Gasteiger partial charge in [0.25, 0.3) is 0 Å². The van der Waals surface area contributed by atoms with Crippen LogP contribution >= 0.6 is 0 Å². The number of nitrogens with zero attached hydrogens (tertiary/aromatic N) is 1. The molecule has 0 bridgehead atoms. The lowest BCUT2D eigenvalue weighted by Gasteiger charge is -2.05. The molecule has 1 aromatic carbocycles. The van der Waals surface area contributed by atoms with Crippen molar-refractivity contribution in [1.29, 1.82) is 0 Å². The van der Waals surface area contributed by atoms with E-state index >= 15 is 0 Å². The number of Topliss-reactive ketones (excluding diaryl/α,β-unsaturated/α-hetero) is 1. The molecular formula is C19H22N2O2. The Balaban J connectivity index is 1.84. The molecule has 0 aliphatic rings. The molecule has 0 atom stereocenters. The van der Waals surface area contributed by atoms with Gasteiger partial charge < -0.3 is 5.32 Å². The predicted molar refractivity (Wildman–Crippen MR) is 91.6 cm³/mol. The zero-order chi connectivity index (χ0) is 16.7. The van der Waals surface area contributed by atoms with E-state index in [0.717, 1.165) is 18.4 Å². The summed E-state index contributed by atoms with van der Waals surface area (Å²) in [6.07, 6.45) is 4.10. The first-order valence-electron chi connectivity index (χ1n) is 7.93. The number of rotatable bonds is 7. The Hall–Kier alpha value is -2.49. The van der Waals surface area contributed by atoms with Gasteiger partial charge in [0.2, 0.25) is 5.91 Å². The summed E-state index contributed by atoms with van der Waals surface area (Å²) in [4.78, 5) is 28.1. The molecule has 23 heavy (non-hydrogen) atoms. The van der Waals surface area contributed by atoms with Gasteiger partial charge in [-0.25, -0.2) is 4.98 Å². The lowest BCUT2D eigenvalue weighted by molar-refractivity contribution is -0.116. The largest absolute Gasteiger partial charge is 0.311 e. The van der Waals surface area contributed by atoms with E-state index in [0.29, 0.717) is 11.4 Å². The molecule has 120 valence electrons. The average molecular weight is 310 g/mol. The Labute approximate surface area is 137 Å². The van der Waals surface area contributed by atoms with E-state index in [1.54, 1.807) is 12.3 Å². The highest BCUT2D eigenvalue weighted by Gasteiger charge is 2.10. The number of hydrogen-bond acceptors (Lipinski definition) is 3. The lowest BCUT2D eigenvalue weighted by Crippen LogP contribution is -2.14. The van der Waals surface area contributed by atoms with Crippen molar-refractivity contribution in [3.8, 4) is 0 Å². The van der Waals surface area contributed by atoms with Gasteiger partial charge in [-0.15, -0.1) is 0 Å². The highest BCUT2D eigenvalue weighted by Crippen LogP contribution is 2.11. The Bertz CT molecular complexity index is 678. The van der Waals surface area contributed by atoms with Crippen molar-refractivity contribution >= 4 is 17.5 Å². The number of hydrogen-bond donors (Lipinski definition) is 1. The summed E-state index contributed by atoms with van der Waals surface area (Å²) in [6, 6.07) is 11.3. The van der Waals surface area contributed by atoms with Gasteiger partial charge in [0.1, 0.15) is 5.82 Å². The first kappa shape index (κ1) is 16.9. The summed E-state index contributed by atoms with van der Waals surface area (Å²) < 4.78 is 0. The number of anilines is 1. The number of carbonyl (C=O) groups excluding carboxylic acids is 2. The lowest BCUT2D eigenvalue weighted by atomic mass is 10.0. The molecule has 2 aromatic rings. The molecule has 0 spiro atoms. The SMILES string of the molecule is CCCc1ccc(C(=O)CCC(=O)Nc2cc(C)ccn2)cc1. The Morgan fingerprint density at radius 2 is 1.83 bits per heavy atom. The summed E-state index contributed by atoms with van der Waals surface area (Å²) in [5.41, 5.74) is 2.91. The van der Waals surface area contributed by atoms with E-state index in [-0.39, 0.29) is 24.5 Å². The molecular weight excluding hydrogens is 288 g/mol. The molecule has 0 aliphatic heterocycles. The Kier molecular flexibility index (Phi) is 6.03. The summed E-state index contributed by atoms with van der Waals surface area (Å²) >= 11 is 0. The molecule has 1 amide bonds. The third-order valence-electron chi connectivity index (χ3n) is 3.58. The van der Waals surface area contributed by atoms with Gasteiger partial charge in [0.15, 0.2) is 5.78 Å². The number of amides is 1. The monoisotopic (exact) mass is 310 g/mol. The molecule has 0 radical (unpaired) electrons. The second-order valence-electron chi connectivity index (χ2n) is 5.64. The third-order valence-corrected chi connectivity index (χ3v) is 3.58. The molecule has 0 unspecified atom stereocenters. The van der Waals surface area contributed by atoms with Gasteiger partial charge in [0.05, 0.1) is 0 Å². The highest BCUT2D eigenvalue weighted by atomic mass is 16.2. The van der Waals surface area contributed by atoms with Crippen LogP contribution < -0.4 is 5.32 Å². The van der Waals surface area contributed by atoms with E-state index in [9.17, 15) is 9.59 Å². The molecule has 1 N–H and O–H groups in total. The zero-order valence-electron chi connectivity index (χ0n) is 13.6. The third kappa shape index (κ3) is 5.33. The fraction of sp³-hybridized carbons (Fsp3) is 0.316. The van der Waals surface area contributed by atoms with Crippen molar-refractivity contribution in [3.05, 3.63) is 59.3 Å². The van der Waals surface area contributed by atoms with Crippen molar-refractivity contribution in [1.82, 2.24) is 4.98 Å². The van der Waals surface area contributed by atoms with E-state index in [2.05, 4.69) is 17.2 Å². The number of aromatic nitrogens is 1. The van der Waals surface area contributed by atoms with Crippen molar-refractivity contribution < 1.29 is 9.59 Å². The molecule has 2 rings (SSSR count). The smallest absolute Gasteiger partial charge is 0.225 e. The molecule has 0 saturated carbocycles. The number of pyridine rings is 1. The first-order chi connectivity index (χ1) is 11.1. The molecule has 0 fully saturated rings. The fourth-order valence-corrected chi connectivity index (χ4v) is 2.33. The maximum atomic E-state index is 12.1. The normalized spacial score (nSPS) is 10.3. The van der Waals surface area contributed by atoms with Gasteiger partial charge in [-0.2, -0.15) is 0 Å². The van der Waals surface area contributed by atoms with Crippen LogP contribution in [-0.2, 0) is 11.2 Å². The molecule has 0 aliphatic carbocycles. The number of aryl methyl sites for hydroxylation is 2. The number of ketones is 1. The highest BCUT2D eigenvalue weighted by molar-refractivity contribution is 5.99. The molecule has 0 saturated heterocycles. The van der Waals surface area contributed by atoms with Crippen molar-refractivity contribution in [2.45, 2.75) is 39.5 Å². The standard InChI is InChI=1S/C19H22N2O2/c1-3-4-15-5-7-16(8-6-15)17(22)9-10-19(23)21-18-13-14(2)11-12-20-18/h5-8,11-13H,3-4,9-10H2,1-2H3,(H,20,21,23). The first-order valence-corrected chi connectivity index (χ1v) is 7.93. The summed E-state index contributed by atoms with van der Waals surface area (Å²) in [6.45, 7) is 4.06. The molecule has 1 heterocycles. The maximum Gasteiger partial charge on any atom is 0.225 e. The molecule has 4 nitrogen and oxygen atoms in total. The van der Waals surface area contributed by atoms with Crippen LogP contribution in [-0.4, -0.2) is 16.7 Å². The summed E-state index contributed by atoms with van der Waals surface area (Å²) in [5, 5.41) is 2.71. The van der Waals surface area contributed by atoms with Crippen LogP contribution in [0.5, 0.6) is 0 Å². The number of benzene rings is 1. The van der Waals surface area contributed by atoms with Crippen LogP contribution in [0.4, 0.5) is 5.82 Å². The topological polar surface area (TPSA) is 59.1 Å². The van der Waals surface area contributed by atoms with Crippen LogP contribution in [0.3, 0.4) is 0 Å². The second-order valence-corrected chi connectivity index (χ2v) is 5.64. The van der Waals surface area contributed by atoms with Gasteiger partial charge >= 0.3 is 0 Å². The minimum Gasteiger partial charge on any atom is -0.311 e. The fourth-order valence-electron chi connectivity index (χ4n) is 2.33. The molecule has 1 aromatic heterocycles. The van der Waals surface area contributed by atoms with E-state index < -0.39 is 0 Å². The van der Waals surface area contributed by atoms with Crippen LogP contribution in [0.15, 0.2) is 42.6 Å². The van der Waals surface area contributed by atoms with Gasteiger partial charge in [-0.05, 0) is 36.6 Å². The zero-order valence-corrected chi connectivity index (χ0v) is 13.6. The van der Waals surface area contributed by atoms with Crippen LogP contribution in [0.25, 0.3) is 0 Å². The minimum atomic E-state index is -0.195. The Morgan fingerprint density at radius 3 is 2.48 bits per heavy atom. The maximum absolute atomic E-state index is 12.1. The van der Waals surface area contributed by atoms with E-state index in [1.165, 1.54) is 5.56 Å². The van der Waals surface area contributed by atoms with Crippen LogP contribution in [0.2, 0.25) is 0 Å². The minimum absolute atomic E-state index is 0.0135. The number of nitrogens with one attached hydrogen (secondary N) is 1. The van der Waals surface area contributed by atoms with Crippen LogP contribution in [0, 0.1) is 6.92 Å². The quantitative estimate of drug-likeness (QED) is 0.788. The van der Waals surface area contributed by atoms with Gasteiger partial charge in [-0.3, -0.25) is 9.59 Å². The molecule has 4 heteroatoms. The Morgan fingerprint density at radius 1 is 1.09 bits per heavy atom. The number of carbonyl (C=O) groups is 2. The predicted octanol–water partition coefficient (Wildman–Crippen LogP) is 3.94. The van der Waals surface area contributed by atoms with E-state index in [4.69, 9.17) is 0 Å². The summed E-state index contributed by atoms with van der Waals surface area (Å²) in [7, 11) is 0. The van der Waals surface area contributed by atoms with Crippen molar-refractivity contribution in [2.24, 2.45) is 0 Å². The summed E-state index contributed by atoms with van der Waals surface area (Å²) in [5.74, 6) is 0.311. The van der Waals surface area contributed by atoms with Crippen molar-refractivity contribution in [3.63, 3.8) is 0 Å². The van der Waals surface area contributed by atoms with E-state index in [1.807, 2.05) is 37.3 Å². The van der Waals surface area contributed by atoms with Crippen LogP contribution in [0.1, 0.15) is 47.7 Å². The van der Waals surface area contributed by atoms with Gasteiger partial charge in [-0.1, -0.05) is 37.6 Å².